The van der Waals surface area contributed by atoms with Crippen molar-refractivity contribution in [1.82, 2.24) is 19.2 Å². The molecule has 1 fully saturated rings. The molecule has 38 heavy (non-hydrogen) atoms. The maximum atomic E-state index is 14.7. The third-order valence-electron chi connectivity index (χ3n) is 6.57. The van der Waals surface area contributed by atoms with Crippen LogP contribution in [0.25, 0.3) is 10.9 Å². The van der Waals surface area contributed by atoms with Gasteiger partial charge >= 0.3 is 10.2 Å². The highest BCUT2D eigenvalue weighted by molar-refractivity contribution is 7.90. The molecule has 2 aromatic carbocycles. The predicted molar refractivity (Wildman–Crippen MR) is 145 cm³/mol. The van der Waals surface area contributed by atoms with Gasteiger partial charge in [-0.25, -0.2) is 9.37 Å². The van der Waals surface area contributed by atoms with Gasteiger partial charge in [0.05, 0.1) is 22.9 Å². The Labute approximate surface area is 227 Å². The molecular formula is C25H30ClFN6O4S. The van der Waals surface area contributed by atoms with Crippen LogP contribution < -0.4 is 20.3 Å². The van der Waals surface area contributed by atoms with E-state index in [4.69, 9.17) is 4.74 Å². The number of ether oxygens (including phenoxy) is 1. The zero-order chi connectivity index (χ0) is 26.6. The number of hydrogen-bond acceptors (Lipinski definition) is 7. The lowest BCUT2D eigenvalue weighted by molar-refractivity contribution is 0.336. The smallest absolute Gasteiger partial charge is 0.301 e. The average Bonchev–Trinajstić information content (AvgIpc) is 2.90. The highest BCUT2D eigenvalue weighted by Crippen LogP contribution is 2.34. The number of nitriles is 1. The Morgan fingerprint density at radius 3 is 2.71 bits per heavy atom. The number of aromatic nitrogens is 2. The van der Waals surface area contributed by atoms with Crippen LogP contribution in [0.1, 0.15) is 31.7 Å². The van der Waals surface area contributed by atoms with Crippen LogP contribution in [-0.2, 0) is 16.8 Å². The fourth-order valence-electron chi connectivity index (χ4n) is 4.21. The lowest BCUT2D eigenvalue weighted by Crippen LogP contribution is -2.32. The first kappa shape index (κ1) is 29.3. The van der Waals surface area contributed by atoms with E-state index in [0.717, 1.165) is 48.8 Å². The molecule has 10 nitrogen and oxygen atoms in total. The number of nitrogens with zero attached hydrogens (tertiary/aromatic N) is 4. The molecule has 2 N–H and O–H groups in total. The Morgan fingerprint density at radius 1 is 1.29 bits per heavy atom. The van der Waals surface area contributed by atoms with Crippen LogP contribution in [0.5, 0.6) is 11.5 Å². The second kappa shape index (κ2) is 12.5. The van der Waals surface area contributed by atoms with Crippen molar-refractivity contribution in [3.05, 3.63) is 58.4 Å². The normalized spacial score (nSPS) is 14.2. The lowest BCUT2D eigenvalue weighted by atomic mass is 9.95. The summed E-state index contributed by atoms with van der Waals surface area (Å²) in [6.45, 7) is 4.35. The molecule has 4 rings (SSSR count). The number of fused-ring (bicyclic) bond motifs is 1. The van der Waals surface area contributed by atoms with Gasteiger partial charge in [-0.1, -0.05) is 6.92 Å². The molecule has 1 aromatic heterocycles. The van der Waals surface area contributed by atoms with E-state index in [1.54, 1.807) is 17.6 Å². The molecule has 0 aliphatic carbocycles. The summed E-state index contributed by atoms with van der Waals surface area (Å²) in [5.41, 5.74) is -0.226. The van der Waals surface area contributed by atoms with E-state index in [0.29, 0.717) is 23.4 Å². The van der Waals surface area contributed by atoms with Gasteiger partial charge in [0.2, 0.25) is 0 Å². The molecule has 0 spiro atoms. The Kier molecular flexibility index (Phi) is 9.67. The van der Waals surface area contributed by atoms with E-state index in [-0.39, 0.29) is 41.5 Å². The van der Waals surface area contributed by atoms with Gasteiger partial charge in [-0.15, -0.1) is 12.4 Å². The molecule has 0 saturated carbocycles. The van der Waals surface area contributed by atoms with Crippen LogP contribution in [0.15, 0.2) is 41.5 Å². The Morgan fingerprint density at radius 2 is 2.03 bits per heavy atom. The van der Waals surface area contributed by atoms with E-state index < -0.39 is 21.8 Å². The van der Waals surface area contributed by atoms with Crippen LogP contribution in [0.4, 0.5) is 10.1 Å². The number of piperidine rings is 1. The third-order valence-corrected chi connectivity index (χ3v) is 8.13. The summed E-state index contributed by atoms with van der Waals surface area (Å²) in [5, 5.41) is 13.3. The fourth-order valence-corrected chi connectivity index (χ4v) is 5.15. The van der Waals surface area contributed by atoms with Gasteiger partial charge in [0.1, 0.15) is 17.4 Å². The van der Waals surface area contributed by atoms with Crippen molar-refractivity contribution in [2.24, 2.45) is 5.92 Å². The third kappa shape index (κ3) is 6.42. The van der Waals surface area contributed by atoms with Gasteiger partial charge in [0.25, 0.3) is 5.56 Å². The predicted octanol–water partition coefficient (Wildman–Crippen LogP) is 3.62. The first-order valence-corrected chi connectivity index (χ1v) is 13.5. The van der Waals surface area contributed by atoms with Crippen LogP contribution in [0, 0.1) is 23.1 Å². The van der Waals surface area contributed by atoms with E-state index in [2.05, 4.69) is 15.0 Å². The molecule has 0 bridgehead atoms. The number of halogens is 2. The SMILES string of the molecule is CCN(C)S(=O)(=O)Nc1ccc(F)c(Oc2ccc3ncn(CCC4CCNCC4)c(=O)c3c2)c1C#N.Cl. The lowest BCUT2D eigenvalue weighted by Gasteiger charge is -2.22. The molecule has 2 heterocycles. The van der Waals surface area contributed by atoms with Crippen molar-refractivity contribution in [2.45, 2.75) is 32.7 Å². The van der Waals surface area contributed by atoms with Crippen molar-refractivity contribution in [1.29, 1.82) is 5.26 Å². The molecule has 3 aromatic rings. The van der Waals surface area contributed by atoms with Crippen LogP contribution >= 0.6 is 12.4 Å². The number of nitrogens with one attached hydrogen (secondary N) is 2. The highest BCUT2D eigenvalue weighted by Gasteiger charge is 2.22. The number of benzene rings is 2. The summed E-state index contributed by atoms with van der Waals surface area (Å²) in [6, 6.07) is 8.53. The summed E-state index contributed by atoms with van der Waals surface area (Å²) in [7, 11) is -2.58. The van der Waals surface area contributed by atoms with Gasteiger partial charge in [-0.05, 0) is 68.6 Å². The molecule has 1 aliphatic rings. The molecule has 1 saturated heterocycles. The molecule has 1 aliphatic heterocycles. The van der Waals surface area contributed by atoms with E-state index >= 15 is 0 Å². The summed E-state index contributed by atoms with van der Waals surface area (Å²) in [4.78, 5) is 17.5. The first-order chi connectivity index (χ1) is 17.7. The second-order valence-corrected chi connectivity index (χ2v) is 10.7. The average molecular weight is 565 g/mol. The minimum Gasteiger partial charge on any atom is -0.453 e. The number of aryl methyl sites for hydroxylation is 1. The van der Waals surface area contributed by atoms with Gasteiger partial charge in [-0.2, -0.15) is 18.0 Å². The van der Waals surface area contributed by atoms with Gasteiger partial charge in [-0.3, -0.25) is 14.1 Å². The molecule has 13 heteroatoms. The first-order valence-electron chi connectivity index (χ1n) is 12.1. The van der Waals surface area contributed by atoms with Crippen LogP contribution in [0.2, 0.25) is 0 Å². The maximum Gasteiger partial charge on any atom is 0.301 e. The minimum atomic E-state index is -3.95. The summed E-state index contributed by atoms with van der Waals surface area (Å²) >= 11 is 0. The van der Waals surface area contributed by atoms with E-state index in [1.165, 1.54) is 25.5 Å². The number of rotatable bonds is 9. The molecule has 204 valence electrons. The molecule has 0 unspecified atom stereocenters. The van der Waals surface area contributed by atoms with Crippen LogP contribution in [-0.4, -0.2) is 49.0 Å². The minimum absolute atomic E-state index is 0. The van der Waals surface area contributed by atoms with Crippen molar-refractivity contribution >= 4 is 39.2 Å². The standard InChI is InChI=1S/C25H29FN6O4S.ClH/c1-3-31(2)37(34,35)30-23-7-5-21(26)24(20(23)15-27)36-18-4-6-22-19(14-18)25(33)32(16-29-22)13-10-17-8-11-28-12-9-17;/h4-7,14,16-17,28,30H,3,8-13H2,1-2H3;1H. The van der Waals surface area contributed by atoms with Crippen LogP contribution in [0.3, 0.4) is 0 Å². The fraction of sp³-hybridized carbons (Fsp3) is 0.400. The Balaban J connectivity index is 0.00000400. The zero-order valence-corrected chi connectivity index (χ0v) is 22.7. The Bertz CT molecular complexity index is 1500. The van der Waals surface area contributed by atoms with Gasteiger partial charge in [0.15, 0.2) is 11.6 Å². The molecule has 0 radical (unpaired) electrons. The second-order valence-electron chi connectivity index (χ2n) is 8.94. The molecule has 0 atom stereocenters. The number of anilines is 1. The zero-order valence-electron chi connectivity index (χ0n) is 21.1. The Hall–Kier alpha value is -3.24. The van der Waals surface area contributed by atoms with Crippen molar-refractivity contribution in [3.63, 3.8) is 0 Å². The summed E-state index contributed by atoms with van der Waals surface area (Å²) in [6.07, 6.45) is 4.55. The van der Waals surface area contributed by atoms with Crippen molar-refractivity contribution in [2.75, 3.05) is 31.4 Å². The van der Waals surface area contributed by atoms with Crippen molar-refractivity contribution < 1.29 is 17.5 Å². The van der Waals surface area contributed by atoms with Crippen molar-refractivity contribution in [3.8, 4) is 17.6 Å². The monoisotopic (exact) mass is 564 g/mol. The van der Waals surface area contributed by atoms with Gasteiger partial charge in [0, 0.05) is 20.1 Å². The van der Waals surface area contributed by atoms with E-state index in [1.807, 2.05) is 6.07 Å². The largest absolute Gasteiger partial charge is 0.453 e. The topological polar surface area (TPSA) is 129 Å². The quantitative estimate of drug-likeness (QED) is 0.406. The van der Waals surface area contributed by atoms with Gasteiger partial charge < -0.3 is 10.1 Å². The maximum absolute atomic E-state index is 14.7. The summed E-state index contributed by atoms with van der Waals surface area (Å²) in [5.74, 6) is -0.637. The summed E-state index contributed by atoms with van der Waals surface area (Å²) < 4.78 is 50.2. The molecule has 0 amide bonds. The number of hydrogen-bond donors (Lipinski definition) is 2. The highest BCUT2D eigenvalue weighted by atomic mass is 35.5. The van der Waals surface area contributed by atoms with E-state index in [9.17, 15) is 22.9 Å². The molecular weight excluding hydrogens is 535 g/mol.